The van der Waals surface area contributed by atoms with Gasteiger partial charge in [0.05, 0.1) is 4.92 Å². The van der Waals surface area contributed by atoms with E-state index in [0.717, 1.165) is 19.4 Å². The van der Waals surface area contributed by atoms with Gasteiger partial charge in [0.2, 0.25) is 0 Å². The molecule has 2 unspecified atom stereocenters. The largest absolute Gasteiger partial charge is 0.396 e. The number of benzene rings is 1. The Bertz CT molecular complexity index is 436. The molecule has 0 radical (unpaired) electrons. The van der Waals surface area contributed by atoms with Crippen molar-refractivity contribution in [3.05, 3.63) is 39.9 Å². The van der Waals surface area contributed by atoms with E-state index in [1.807, 2.05) is 6.07 Å². The first-order valence-electron chi connectivity index (χ1n) is 6.76. The lowest BCUT2D eigenvalue weighted by Crippen LogP contribution is -2.26. The SMILES string of the molecule is O=[N+]([O-])c1ccccc1CNCC1CCCC1CO. The maximum Gasteiger partial charge on any atom is 0.273 e. The van der Waals surface area contributed by atoms with E-state index in [9.17, 15) is 15.2 Å². The Labute approximate surface area is 112 Å². The molecular formula is C14H20N2O3. The molecule has 2 rings (SSSR count). The van der Waals surface area contributed by atoms with Crippen molar-refractivity contribution in [2.24, 2.45) is 11.8 Å². The van der Waals surface area contributed by atoms with Gasteiger partial charge in [0, 0.05) is 24.8 Å². The minimum atomic E-state index is -0.344. The number of nitrogens with zero attached hydrogens (tertiary/aromatic N) is 1. The molecule has 0 aromatic heterocycles. The number of aliphatic hydroxyl groups is 1. The Morgan fingerprint density at radius 2 is 2.05 bits per heavy atom. The number of nitro groups is 1. The fourth-order valence-electron chi connectivity index (χ4n) is 2.85. The Morgan fingerprint density at radius 3 is 2.79 bits per heavy atom. The Hall–Kier alpha value is -1.46. The monoisotopic (exact) mass is 264 g/mol. The van der Waals surface area contributed by atoms with E-state index in [-0.39, 0.29) is 17.2 Å². The molecule has 5 nitrogen and oxygen atoms in total. The number of rotatable bonds is 6. The lowest BCUT2D eigenvalue weighted by Gasteiger charge is -2.17. The Balaban J connectivity index is 1.87. The van der Waals surface area contributed by atoms with Crippen molar-refractivity contribution in [2.45, 2.75) is 25.8 Å². The second-order valence-corrected chi connectivity index (χ2v) is 5.15. The van der Waals surface area contributed by atoms with Gasteiger partial charge in [0.25, 0.3) is 5.69 Å². The first-order valence-corrected chi connectivity index (χ1v) is 6.76. The summed E-state index contributed by atoms with van der Waals surface area (Å²) in [5.41, 5.74) is 0.881. The molecule has 0 spiro atoms. The van der Waals surface area contributed by atoms with Crippen molar-refractivity contribution in [2.75, 3.05) is 13.2 Å². The van der Waals surface area contributed by atoms with Gasteiger partial charge in [-0.3, -0.25) is 10.1 Å². The molecule has 0 saturated heterocycles. The highest BCUT2D eigenvalue weighted by molar-refractivity contribution is 5.39. The Kier molecular flexibility index (Phi) is 4.87. The van der Waals surface area contributed by atoms with Crippen molar-refractivity contribution in [3.8, 4) is 0 Å². The van der Waals surface area contributed by atoms with E-state index < -0.39 is 0 Å². The molecule has 104 valence electrons. The van der Waals surface area contributed by atoms with Crippen LogP contribution in [0.1, 0.15) is 24.8 Å². The highest BCUT2D eigenvalue weighted by Crippen LogP contribution is 2.30. The van der Waals surface area contributed by atoms with Gasteiger partial charge in [0.1, 0.15) is 0 Å². The quantitative estimate of drug-likeness (QED) is 0.609. The normalized spacial score (nSPS) is 22.6. The van der Waals surface area contributed by atoms with Crippen LogP contribution in [0.15, 0.2) is 24.3 Å². The fraction of sp³-hybridized carbons (Fsp3) is 0.571. The third-order valence-corrected chi connectivity index (χ3v) is 3.96. The topological polar surface area (TPSA) is 75.4 Å². The maximum atomic E-state index is 10.9. The molecule has 0 amide bonds. The van der Waals surface area contributed by atoms with Gasteiger partial charge in [0.15, 0.2) is 0 Å². The number of hydrogen-bond donors (Lipinski definition) is 2. The average molecular weight is 264 g/mol. The molecule has 1 aromatic carbocycles. The van der Waals surface area contributed by atoms with Crippen LogP contribution in [0, 0.1) is 22.0 Å². The summed E-state index contributed by atoms with van der Waals surface area (Å²) >= 11 is 0. The summed E-state index contributed by atoms with van der Waals surface area (Å²) in [5.74, 6) is 0.881. The summed E-state index contributed by atoms with van der Waals surface area (Å²) in [4.78, 5) is 10.5. The average Bonchev–Trinajstić information content (AvgIpc) is 2.86. The molecule has 5 heteroatoms. The van der Waals surface area contributed by atoms with E-state index in [1.54, 1.807) is 12.1 Å². The fourth-order valence-corrected chi connectivity index (χ4v) is 2.85. The van der Waals surface area contributed by atoms with Gasteiger partial charge in [-0.05, 0) is 31.2 Å². The van der Waals surface area contributed by atoms with Gasteiger partial charge in [-0.2, -0.15) is 0 Å². The van der Waals surface area contributed by atoms with Crippen molar-refractivity contribution in [3.63, 3.8) is 0 Å². The van der Waals surface area contributed by atoms with E-state index in [1.165, 1.54) is 12.5 Å². The molecule has 1 aliphatic rings. The van der Waals surface area contributed by atoms with Crippen molar-refractivity contribution < 1.29 is 10.0 Å². The lowest BCUT2D eigenvalue weighted by atomic mass is 9.97. The first kappa shape index (κ1) is 14.0. The summed E-state index contributed by atoms with van der Waals surface area (Å²) in [5, 5.41) is 23.4. The van der Waals surface area contributed by atoms with Crippen LogP contribution in [0.4, 0.5) is 5.69 Å². The summed E-state index contributed by atoms with van der Waals surface area (Å²) in [6.45, 7) is 1.57. The van der Waals surface area contributed by atoms with Gasteiger partial charge in [-0.1, -0.05) is 24.6 Å². The van der Waals surface area contributed by atoms with Crippen LogP contribution >= 0.6 is 0 Å². The second-order valence-electron chi connectivity index (χ2n) is 5.15. The standard InChI is InChI=1S/C14H20N2O3/c17-10-13-6-3-5-11(13)8-15-9-12-4-1-2-7-14(12)16(18)19/h1-2,4,7,11,13,15,17H,3,5-6,8-10H2. The number of hydrogen-bond acceptors (Lipinski definition) is 4. The predicted molar refractivity (Wildman–Crippen MR) is 72.7 cm³/mol. The first-order chi connectivity index (χ1) is 9.22. The van der Waals surface area contributed by atoms with Crippen molar-refractivity contribution >= 4 is 5.69 Å². The molecule has 0 bridgehead atoms. The zero-order chi connectivity index (χ0) is 13.7. The van der Waals surface area contributed by atoms with Gasteiger partial charge in [-0.25, -0.2) is 0 Å². The number of nitro benzene ring substituents is 1. The summed E-state index contributed by atoms with van der Waals surface area (Å²) in [6, 6.07) is 6.81. The van der Waals surface area contributed by atoms with Crippen LogP contribution in [0.5, 0.6) is 0 Å². The summed E-state index contributed by atoms with van der Waals surface area (Å²) in [6.07, 6.45) is 3.40. The summed E-state index contributed by atoms with van der Waals surface area (Å²) in [7, 11) is 0. The Morgan fingerprint density at radius 1 is 1.32 bits per heavy atom. The predicted octanol–water partition coefficient (Wildman–Crippen LogP) is 2.09. The van der Waals surface area contributed by atoms with E-state index in [4.69, 9.17) is 0 Å². The number of nitrogens with one attached hydrogen (secondary N) is 1. The smallest absolute Gasteiger partial charge is 0.273 e. The van der Waals surface area contributed by atoms with Crippen LogP contribution in [0.3, 0.4) is 0 Å². The van der Waals surface area contributed by atoms with Gasteiger partial charge >= 0.3 is 0 Å². The van der Waals surface area contributed by atoms with Gasteiger partial charge < -0.3 is 10.4 Å². The molecular weight excluding hydrogens is 244 g/mol. The van der Waals surface area contributed by atoms with E-state index in [0.29, 0.717) is 23.9 Å². The molecule has 1 fully saturated rings. The third-order valence-electron chi connectivity index (χ3n) is 3.96. The third kappa shape index (κ3) is 3.52. The van der Waals surface area contributed by atoms with Crippen LogP contribution in [-0.4, -0.2) is 23.2 Å². The minimum Gasteiger partial charge on any atom is -0.396 e. The highest BCUT2D eigenvalue weighted by Gasteiger charge is 2.26. The molecule has 1 aliphatic carbocycles. The van der Waals surface area contributed by atoms with Crippen LogP contribution in [0.25, 0.3) is 0 Å². The molecule has 1 aromatic rings. The number of para-hydroxylation sites is 1. The summed E-state index contributed by atoms with van der Waals surface area (Å²) < 4.78 is 0. The molecule has 1 saturated carbocycles. The van der Waals surface area contributed by atoms with Crippen molar-refractivity contribution in [1.29, 1.82) is 0 Å². The molecule has 2 atom stereocenters. The highest BCUT2D eigenvalue weighted by atomic mass is 16.6. The van der Waals surface area contributed by atoms with Crippen LogP contribution in [-0.2, 0) is 6.54 Å². The molecule has 19 heavy (non-hydrogen) atoms. The zero-order valence-corrected chi connectivity index (χ0v) is 10.9. The van der Waals surface area contributed by atoms with Crippen LogP contribution < -0.4 is 5.32 Å². The molecule has 2 N–H and O–H groups in total. The molecule has 0 heterocycles. The maximum absolute atomic E-state index is 10.9. The number of aliphatic hydroxyl groups excluding tert-OH is 1. The van der Waals surface area contributed by atoms with Crippen LogP contribution in [0.2, 0.25) is 0 Å². The molecule has 0 aliphatic heterocycles. The second kappa shape index (κ2) is 6.63. The van der Waals surface area contributed by atoms with E-state index >= 15 is 0 Å². The van der Waals surface area contributed by atoms with E-state index in [2.05, 4.69) is 5.32 Å². The minimum absolute atomic E-state index is 0.167. The van der Waals surface area contributed by atoms with Crippen molar-refractivity contribution in [1.82, 2.24) is 5.32 Å². The zero-order valence-electron chi connectivity index (χ0n) is 10.9. The van der Waals surface area contributed by atoms with Gasteiger partial charge in [-0.15, -0.1) is 0 Å². The lowest BCUT2D eigenvalue weighted by molar-refractivity contribution is -0.385.